The van der Waals surface area contributed by atoms with Gasteiger partial charge in [0.2, 0.25) is 0 Å². The standard InChI is InChI=1S/C15H22N4O2S/c1-11-10-22-15(21)19(11)4-3-18-7-13(9-20)14(8-18)12-5-16-17(2)6-12/h5-6,10,13-14,20H,3-4,7-9H2,1-2H3/t13-,14-/m0/s1. The maximum atomic E-state index is 11.8. The van der Waals surface area contributed by atoms with Gasteiger partial charge in [-0.1, -0.05) is 11.3 Å². The molecule has 2 atom stereocenters. The lowest BCUT2D eigenvalue weighted by atomic mass is 9.92. The summed E-state index contributed by atoms with van der Waals surface area (Å²) in [4.78, 5) is 14.2. The van der Waals surface area contributed by atoms with Crippen LogP contribution >= 0.6 is 11.3 Å². The van der Waals surface area contributed by atoms with Crippen LogP contribution in [0.15, 0.2) is 22.6 Å². The van der Waals surface area contributed by atoms with Crippen molar-refractivity contribution in [3.05, 3.63) is 38.7 Å². The van der Waals surface area contributed by atoms with Gasteiger partial charge in [0.25, 0.3) is 0 Å². The Labute approximate surface area is 133 Å². The minimum atomic E-state index is 0.110. The molecule has 6 nitrogen and oxygen atoms in total. The Bertz CT molecular complexity index is 690. The summed E-state index contributed by atoms with van der Waals surface area (Å²) in [5.74, 6) is 0.559. The first-order valence-electron chi connectivity index (χ1n) is 7.55. The first kappa shape index (κ1) is 15.5. The van der Waals surface area contributed by atoms with Crippen molar-refractivity contribution in [1.82, 2.24) is 19.2 Å². The molecule has 0 radical (unpaired) electrons. The highest BCUT2D eigenvalue weighted by Gasteiger charge is 2.33. The van der Waals surface area contributed by atoms with Crippen molar-refractivity contribution in [2.75, 3.05) is 26.2 Å². The van der Waals surface area contributed by atoms with Gasteiger partial charge in [-0.15, -0.1) is 0 Å². The van der Waals surface area contributed by atoms with Gasteiger partial charge in [0.05, 0.1) is 6.20 Å². The van der Waals surface area contributed by atoms with Crippen LogP contribution in [-0.2, 0) is 13.6 Å². The molecule has 0 bridgehead atoms. The molecule has 22 heavy (non-hydrogen) atoms. The smallest absolute Gasteiger partial charge is 0.307 e. The Morgan fingerprint density at radius 1 is 1.41 bits per heavy atom. The Hall–Kier alpha value is -1.44. The molecule has 2 aromatic heterocycles. The number of hydrogen-bond donors (Lipinski definition) is 1. The lowest BCUT2D eigenvalue weighted by Gasteiger charge is -2.16. The third-order valence-electron chi connectivity index (χ3n) is 4.52. The average molecular weight is 322 g/mol. The number of aryl methyl sites for hydroxylation is 2. The van der Waals surface area contributed by atoms with Gasteiger partial charge in [0, 0.05) is 68.9 Å². The summed E-state index contributed by atoms with van der Waals surface area (Å²) in [5.41, 5.74) is 2.21. The summed E-state index contributed by atoms with van der Waals surface area (Å²) in [7, 11) is 1.91. The van der Waals surface area contributed by atoms with E-state index in [-0.39, 0.29) is 17.4 Å². The van der Waals surface area contributed by atoms with Crippen LogP contribution in [0, 0.1) is 12.8 Å². The van der Waals surface area contributed by atoms with Crippen molar-refractivity contribution in [2.45, 2.75) is 19.4 Å². The van der Waals surface area contributed by atoms with Gasteiger partial charge in [-0.3, -0.25) is 9.48 Å². The summed E-state index contributed by atoms with van der Waals surface area (Å²) in [6, 6.07) is 0. The molecule has 0 unspecified atom stereocenters. The van der Waals surface area contributed by atoms with Crippen LogP contribution in [0.4, 0.5) is 0 Å². The van der Waals surface area contributed by atoms with Gasteiger partial charge >= 0.3 is 4.87 Å². The number of aliphatic hydroxyl groups is 1. The van der Waals surface area contributed by atoms with E-state index < -0.39 is 0 Å². The number of rotatable bonds is 5. The fourth-order valence-corrected chi connectivity index (χ4v) is 4.01. The molecule has 0 aromatic carbocycles. The molecule has 1 aliphatic rings. The van der Waals surface area contributed by atoms with E-state index in [2.05, 4.69) is 10.00 Å². The van der Waals surface area contributed by atoms with Crippen LogP contribution in [0.3, 0.4) is 0 Å². The molecule has 3 heterocycles. The fraction of sp³-hybridized carbons (Fsp3) is 0.600. The van der Waals surface area contributed by atoms with Crippen molar-refractivity contribution < 1.29 is 5.11 Å². The van der Waals surface area contributed by atoms with E-state index in [0.29, 0.717) is 12.5 Å². The van der Waals surface area contributed by atoms with Crippen LogP contribution in [-0.4, -0.2) is 50.6 Å². The van der Waals surface area contributed by atoms with E-state index in [9.17, 15) is 9.90 Å². The highest BCUT2D eigenvalue weighted by atomic mass is 32.1. The van der Waals surface area contributed by atoms with E-state index in [1.807, 2.05) is 36.3 Å². The predicted octanol–water partition coefficient (Wildman–Crippen LogP) is 0.660. The minimum Gasteiger partial charge on any atom is -0.396 e. The highest BCUT2D eigenvalue weighted by Crippen LogP contribution is 2.31. The summed E-state index contributed by atoms with van der Waals surface area (Å²) in [6.45, 7) is 5.49. The van der Waals surface area contributed by atoms with E-state index in [4.69, 9.17) is 0 Å². The fourth-order valence-electron chi connectivity index (χ4n) is 3.25. The molecule has 1 N–H and O–H groups in total. The average Bonchev–Trinajstić information content (AvgIpc) is 3.17. The van der Waals surface area contributed by atoms with Gasteiger partial charge in [-0.05, 0) is 12.5 Å². The maximum Gasteiger partial charge on any atom is 0.307 e. The number of hydrogen-bond acceptors (Lipinski definition) is 5. The molecule has 0 amide bonds. The van der Waals surface area contributed by atoms with Gasteiger partial charge in [-0.2, -0.15) is 5.10 Å². The van der Waals surface area contributed by atoms with Gasteiger partial charge in [0.1, 0.15) is 0 Å². The molecular weight excluding hydrogens is 300 g/mol. The Kier molecular flexibility index (Phi) is 4.46. The van der Waals surface area contributed by atoms with E-state index in [0.717, 1.165) is 25.3 Å². The molecule has 1 saturated heterocycles. The van der Waals surface area contributed by atoms with Crippen molar-refractivity contribution in [2.24, 2.45) is 13.0 Å². The minimum absolute atomic E-state index is 0.110. The van der Waals surface area contributed by atoms with E-state index >= 15 is 0 Å². The quantitative estimate of drug-likeness (QED) is 0.878. The third-order valence-corrected chi connectivity index (χ3v) is 5.40. The second-order valence-corrected chi connectivity index (χ2v) is 6.87. The van der Waals surface area contributed by atoms with Crippen LogP contribution in [0.1, 0.15) is 17.2 Å². The third kappa shape index (κ3) is 3.02. The molecule has 7 heteroatoms. The number of thiazole rings is 1. The number of nitrogens with zero attached hydrogens (tertiary/aromatic N) is 4. The lowest BCUT2D eigenvalue weighted by molar-refractivity contribution is 0.214. The zero-order chi connectivity index (χ0) is 15.7. The summed E-state index contributed by atoms with van der Waals surface area (Å²) >= 11 is 1.26. The zero-order valence-electron chi connectivity index (χ0n) is 13.0. The summed E-state index contributed by atoms with van der Waals surface area (Å²) in [6.07, 6.45) is 3.93. The SMILES string of the molecule is Cc1csc(=O)n1CCN1C[C@@H](CO)[C@H](c2cnn(C)c2)C1. The van der Waals surface area contributed by atoms with Gasteiger partial charge in [0.15, 0.2) is 0 Å². The Balaban J connectivity index is 1.65. The van der Waals surface area contributed by atoms with Crippen LogP contribution in [0.25, 0.3) is 0 Å². The molecule has 1 aliphatic heterocycles. The number of likely N-dealkylation sites (tertiary alicyclic amines) is 1. The lowest BCUT2D eigenvalue weighted by Crippen LogP contribution is -2.28. The number of aromatic nitrogens is 3. The molecule has 120 valence electrons. The van der Waals surface area contributed by atoms with Crippen LogP contribution in [0.2, 0.25) is 0 Å². The van der Waals surface area contributed by atoms with Crippen molar-refractivity contribution >= 4 is 11.3 Å². The Morgan fingerprint density at radius 3 is 2.82 bits per heavy atom. The molecule has 2 aromatic rings. The molecule has 0 spiro atoms. The molecular formula is C15H22N4O2S. The monoisotopic (exact) mass is 322 g/mol. The van der Waals surface area contributed by atoms with Crippen LogP contribution in [0.5, 0.6) is 0 Å². The first-order valence-corrected chi connectivity index (χ1v) is 8.43. The Morgan fingerprint density at radius 2 is 2.23 bits per heavy atom. The maximum absolute atomic E-state index is 11.8. The molecule has 3 rings (SSSR count). The normalized spacial score (nSPS) is 22.5. The molecule has 0 saturated carbocycles. The highest BCUT2D eigenvalue weighted by molar-refractivity contribution is 7.07. The van der Waals surface area contributed by atoms with Gasteiger partial charge in [-0.25, -0.2) is 0 Å². The predicted molar refractivity (Wildman–Crippen MR) is 86.3 cm³/mol. The molecule has 0 aliphatic carbocycles. The summed E-state index contributed by atoms with van der Waals surface area (Å²) in [5, 5.41) is 15.8. The van der Waals surface area contributed by atoms with Crippen LogP contribution < -0.4 is 4.87 Å². The largest absolute Gasteiger partial charge is 0.396 e. The van der Waals surface area contributed by atoms with Gasteiger partial charge < -0.3 is 14.6 Å². The second kappa shape index (κ2) is 6.36. The van der Waals surface area contributed by atoms with Crippen molar-refractivity contribution in [1.29, 1.82) is 0 Å². The second-order valence-electron chi connectivity index (χ2n) is 6.05. The van der Waals surface area contributed by atoms with Crippen molar-refractivity contribution in [3.63, 3.8) is 0 Å². The summed E-state index contributed by atoms with van der Waals surface area (Å²) < 4.78 is 3.64. The number of aliphatic hydroxyl groups excluding tert-OH is 1. The van der Waals surface area contributed by atoms with E-state index in [1.165, 1.54) is 16.9 Å². The first-order chi connectivity index (χ1) is 10.6. The van der Waals surface area contributed by atoms with E-state index in [1.54, 1.807) is 4.68 Å². The van der Waals surface area contributed by atoms with Crippen molar-refractivity contribution in [3.8, 4) is 0 Å². The zero-order valence-corrected chi connectivity index (χ0v) is 13.8. The topological polar surface area (TPSA) is 63.3 Å². The molecule has 1 fully saturated rings.